The van der Waals surface area contributed by atoms with Crippen molar-refractivity contribution >= 4 is 5.91 Å². The first-order valence-electron chi connectivity index (χ1n) is 7.44. The molecule has 1 heterocycles. The summed E-state index contributed by atoms with van der Waals surface area (Å²) in [5.41, 5.74) is -0.558. The van der Waals surface area contributed by atoms with Crippen molar-refractivity contribution in [3.63, 3.8) is 0 Å². The summed E-state index contributed by atoms with van der Waals surface area (Å²) in [7, 11) is 0. The molecule has 1 aromatic carbocycles. The fourth-order valence-electron chi connectivity index (χ4n) is 1.86. The number of halogens is 3. The van der Waals surface area contributed by atoms with Crippen molar-refractivity contribution in [3.8, 4) is 5.75 Å². The summed E-state index contributed by atoms with van der Waals surface area (Å²) in [6, 6.07) is 6.14. The van der Waals surface area contributed by atoms with Crippen molar-refractivity contribution in [2.24, 2.45) is 0 Å². The zero-order chi connectivity index (χ0) is 17.7. The van der Waals surface area contributed by atoms with Crippen LogP contribution in [-0.4, -0.2) is 21.7 Å². The van der Waals surface area contributed by atoms with Gasteiger partial charge in [-0.2, -0.15) is 18.3 Å². The Labute approximate surface area is 137 Å². The molecule has 1 atom stereocenters. The Hall–Kier alpha value is -2.51. The van der Waals surface area contributed by atoms with E-state index in [4.69, 9.17) is 4.74 Å². The monoisotopic (exact) mass is 341 g/mol. The number of benzene rings is 1. The highest BCUT2D eigenvalue weighted by Gasteiger charge is 2.30. The minimum Gasteiger partial charge on any atom is -0.471 e. The molecule has 0 aliphatic rings. The van der Waals surface area contributed by atoms with E-state index in [-0.39, 0.29) is 30.1 Å². The highest BCUT2D eigenvalue weighted by Crippen LogP contribution is 2.31. The molecule has 5 nitrogen and oxygen atoms in total. The van der Waals surface area contributed by atoms with Crippen molar-refractivity contribution in [3.05, 3.63) is 47.8 Å². The van der Waals surface area contributed by atoms with Crippen molar-refractivity contribution in [2.45, 2.75) is 39.2 Å². The molecule has 0 saturated carbocycles. The fraction of sp³-hybridized carbons (Fsp3) is 0.375. The Morgan fingerprint density at radius 1 is 1.38 bits per heavy atom. The number of hydrogen-bond acceptors (Lipinski definition) is 3. The van der Waals surface area contributed by atoms with E-state index < -0.39 is 11.7 Å². The molecule has 2 aromatic rings. The maximum absolute atomic E-state index is 12.6. The van der Waals surface area contributed by atoms with Gasteiger partial charge in [0.25, 0.3) is 5.91 Å². The molecule has 2 rings (SSSR count). The van der Waals surface area contributed by atoms with Crippen molar-refractivity contribution in [2.75, 3.05) is 0 Å². The molecule has 24 heavy (non-hydrogen) atoms. The normalized spacial score (nSPS) is 12.7. The lowest BCUT2D eigenvalue weighted by Gasteiger charge is -2.10. The second kappa shape index (κ2) is 7.37. The molecule has 0 radical (unpaired) electrons. The maximum atomic E-state index is 12.6. The molecule has 0 saturated heterocycles. The Balaban J connectivity index is 1.97. The number of alkyl halides is 3. The molecule has 130 valence electrons. The van der Waals surface area contributed by atoms with Gasteiger partial charge >= 0.3 is 6.18 Å². The molecule has 0 unspecified atom stereocenters. The third-order valence-corrected chi connectivity index (χ3v) is 3.39. The Bertz CT molecular complexity index is 698. The zero-order valence-electron chi connectivity index (χ0n) is 13.3. The smallest absolute Gasteiger partial charge is 0.416 e. The first kappa shape index (κ1) is 17.8. The number of aromatic nitrogens is 2. The SMILES string of the molecule is CC[C@H](C)NC(=O)c1ccn(COc2cccc(C(F)(F)F)c2)n1. The summed E-state index contributed by atoms with van der Waals surface area (Å²) < 4.78 is 44.5. The summed E-state index contributed by atoms with van der Waals surface area (Å²) in [6.07, 6.45) is -2.10. The lowest BCUT2D eigenvalue weighted by molar-refractivity contribution is -0.137. The second-order valence-corrected chi connectivity index (χ2v) is 5.32. The van der Waals surface area contributed by atoms with Crippen LogP contribution in [0.5, 0.6) is 5.75 Å². The van der Waals surface area contributed by atoms with Crippen LogP contribution in [0.1, 0.15) is 36.3 Å². The van der Waals surface area contributed by atoms with Crippen LogP contribution in [0.15, 0.2) is 36.5 Å². The third kappa shape index (κ3) is 4.74. The lowest BCUT2D eigenvalue weighted by atomic mass is 10.2. The van der Waals surface area contributed by atoms with Crippen molar-refractivity contribution in [1.29, 1.82) is 0 Å². The molecule has 8 heteroatoms. The van der Waals surface area contributed by atoms with E-state index in [1.54, 1.807) is 0 Å². The van der Waals surface area contributed by atoms with Crippen molar-refractivity contribution < 1.29 is 22.7 Å². The standard InChI is InChI=1S/C16H18F3N3O2/c1-3-11(2)20-15(23)14-7-8-22(21-14)10-24-13-6-4-5-12(9-13)16(17,18)19/h4-9,11H,3,10H2,1-2H3,(H,20,23)/t11-/m0/s1. The van der Waals surface area contributed by atoms with Gasteiger partial charge in [0.2, 0.25) is 0 Å². The summed E-state index contributed by atoms with van der Waals surface area (Å²) in [5, 5.41) is 6.82. The first-order valence-corrected chi connectivity index (χ1v) is 7.44. The van der Waals surface area contributed by atoms with Gasteiger partial charge in [-0.05, 0) is 37.6 Å². The van der Waals surface area contributed by atoms with Gasteiger partial charge in [-0.15, -0.1) is 0 Å². The highest BCUT2D eigenvalue weighted by molar-refractivity contribution is 5.92. The van der Waals surface area contributed by atoms with Gasteiger partial charge in [0.05, 0.1) is 5.56 Å². The Morgan fingerprint density at radius 2 is 2.12 bits per heavy atom. The average Bonchev–Trinajstić information content (AvgIpc) is 3.01. The molecular formula is C16H18F3N3O2. The summed E-state index contributed by atoms with van der Waals surface area (Å²) in [5.74, 6) is -0.229. The number of nitrogens with zero attached hydrogens (tertiary/aromatic N) is 2. The Morgan fingerprint density at radius 3 is 2.79 bits per heavy atom. The maximum Gasteiger partial charge on any atom is 0.416 e. The van der Waals surface area contributed by atoms with E-state index in [0.717, 1.165) is 18.6 Å². The predicted molar refractivity (Wildman–Crippen MR) is 81.5 cm³/mol. The summed E-state index contributed by atoms with van der Waals surface area (Å²) in [4.78, 5) is 11.9. The molecule has 1 amide bonds. The van der Waals surface area contributed by atoms with Gasteiger partial charge < -0.3 is 10.1 Å². The molecule has 1 aromatic heterocycles. The van der Waals surface area contributed by atoms with Crippen LogP contribution < -0.4 is 10.1 Å². The van der Waals surface area contributed by atoms with Gasteiger partial charge in [0.15, 0.2) is 6.73 Å². The summed E-state index contributed by atoms with van der Waals surface area (Å²) in [6.45, 7) is 3.73. The number of carbonyl (C=O) groups is 1. The van der Waals surface area contributed by atoms with Crippen LogP contribution in [0.2, 0.25) is 0 Å². The zero-order valence-corrected chi connectivity index (χ0v) is 13.3. The molecular weight excluding hydrogens is 323 g/mol. The number of amides is 1. The van der Waals surface area contributed by atoms with Gasteiger partial charge in [0.1, 0.15) is 11.4 Å². The minimum atomic E-state index is -4.42. The van der Waals surface area contributed by atoms with E-state index in [0.29, 0.717) is 0 Å². The van der Waals surface area contributed by atoms with Crippen LogP contribution in [0.4, 0.5) is 13.2 Å². The number of hydrogen-bond donors (Lipinski definition) is 1. The van der Waals surface area contributed by atoms with Gasteiger partial charge in [-0.1, -0.05) is 13.0 Å². The number of nitrogens with one attached hydrogen (secondary N) is 1. The van der Waals surface area contributed by atoms with Crippen LogP contribution in [-0.2, 0) is 12.9 Å². The number of carbonyl (C=O) groups excluding carboxylic acids is 1. The van der Waals surface area contributed by atoms with E-state index in [9.17, 15) is 18.0 Å². The topological polar surface area (TPSA) is 56.2 Å². The molecule has 0 spiro atoms. The van der Waals surface area contributed by atoms with E-state index in [1.807, 2.05) is 13.8 Å². The van der Waals surface area contributed by atoms with Crippen LogP contribution in [0.25, 0.3) is 0 Å². The average molecular weight is 341 g/mol. The number of ether oxygens (including phenoxy) is 1. The quantitative estimate of drug-likeness (QED) is 0.875. The van der Waals surface area contributed by atoms with E-state index >= 15 is 0 Å². The first-order chi connectivity index (χ1) is 11.3. The molecule has 0 bridgehead atoms. The lowest BCUT2D eigenvalue weighted by Crippen LogP contribution is -2.32. The van der Waals surface area contributed by atoms with Gasteiger partial charge in [-0.25, -0.2) is 4.68 Å². The largest absolute Gasteiger partial charge is 0.471 e. The minimum absolute atomic E-state index is 0.0315. The van der Waals surface area contributed by atoms with Crippen LogP contribution >= 0.6 is 0 Å². The number of rotatable bonds is 6. The summed E-state index contributed by atoms with van der Waals surface area (Å²) >= 11 is 0. The van der Waals surface area contributed by atoms with E-state index in [1.165, 1.54) is 29.1 Å². The molecule has 1 N–H and O–H groups in total. The van der Waals surface area contributed by atoms with Crippen LogP contribution in [0.3, 0.4) is 0 Å². The predicted octanol–water partition coefficient (Wildman–Crippen LogP) is 3.47. The Kier molecular flexibility index (Phi) is 5.48. The highest BCUT2D eigenvalue weighted by atomic mass is 19.4. The van der Waals surface area contributed by atoms with Gasteiger partial charge in [0, 0.05) is 12.2 Å². The fourth-order valence-corrected chi connectivity index (χ4v) is 1.86. The third-order valence-electron chi connectivity index (χ3n) is 3.39. The second-order valence-electron chi connectivity index (χ2n) is 5.32. The van der Waals surface area contributed by atoms with E-state index in [2.05, 4.69) is 10.4 Å². The molecule has 0 aliphatic carbocycles. The van der Waals surface area contributed by atoms with Crippen LogP contribution in [0, 0.1) is 0 Å². The van der Waals surface area contributed by atoms with Crippen molar-refractivity contribution in [1.82, 2.24) is 15.1 Å². The molecule has 0 fully saturated rings. The van der Waals surface area contributed by atoms with Gasteiger partial charge in [-0.3, -0.25) is 4.79 Å². The molecule has 0 aliphatic heterocycles.